The number of benzene rings is 2. The van der Waals surface area contributed by atoms with Crippen molar-refractivity contribution in [3.63, 3.8) is 0 Å². The molecular formula is C23H27F3N4O2. The highest BCUT2D eigenvalue weighted by molar-refractivity contribution is 6.01. The van der Waals surface area contributed by atoms with E-state index in [0.717, 1.165) is 19.2 Å². The average molecular weight is 448 g/mol. The van der Waals surface area contributed by atoms with Crippen LogP contribution in [0.4, 0.5) is 24.5 Å². The van der Waals surface area contributed by atoms with E-state index in [4.69, 9.17) is 0 Å². The molecule has 2 N–H and O–H groups in total. The van der Waals surface area contributed by atoms with Crippen molar-refractivity contribution in [1.82, 2.24) is 15.1 Å². The summed E-state index contributed by atoms with van der Waals surface area (Å²) in [5.74, 6) is -3.72. The Kier molecular flexibility index (Phi) is 7.40. The van der Waals surface area contributed by atoms with Crippen LogP contribution in [0, 0.1) is 24.4 Å². The van der Waals surface area contributed by atoms with Crippen LogP contribution in [-0.2, 0) is 4.79 Å². The third kappa shape index (κ3) is 5.21. The lowest BCUT2D eigenvalue weighted by Gasteiger charge is -2.40. The lowest BCUT2D eigenvalue weighted by atomic mass is 10.0. The maximum Gasteiger partial charge on any atom is 0.256 e. The van der Waals surface area contributed by atoms with Gasteiger partial charge in [-0.05, 0) is 49.8 Å². The van der Waals surface area contributed by atoms with Gasteiger partial charge in [-0.15, -0.1) is 0 Å². The molecule has 0 saturated carbocycles. The van der Waals surface area contributed by atoms with Crippen molar-refractivity contribution in [2.75, 3.05) is 38.0 Å². The van der Waals surface area contributed by atoms with Gasteiger partial charge < -0.3 is 15.5 Å². The summed E-state index contributed by atoms with van der Waals surface area (Å²) >= 11 is 0. The van der Waals surface area contributed by atoms with E-state index in [2.05, 4.69) is 10.6 Å². The third-order valence-electron chi connectivity index (χ3n) is 5.51. The van der Waals surface area contributed by atoms with Crippen LogP contribution in [0.5, 0.6) is 0 Å². The van der Waals surface area contributed by atoms with Gasteiger partial charge in [0.1, 0.15) is 5.82 Å². The molecular weight excluding hydrogens is 421 g/mol. The molecule has 6 nitrogen and oxygen atoms in total. The first-order valence-corrected chi connectivity index (χ1v) is 10.6. The first-order chi connectivity index (χ1) is 15.2. The molecule has 1 saturated heterocycles. The van der Waals surface area contributed by atoms with Gasteiger partial charge in [0, 0.05) is 13.1 Å². The Hall–Kier alpha value is -3.07. The van der Waals surface area contributed by atoms with Crippen LogP contribution in [0.3, 0.4) is 0 Å². The second-order valence-electron chi connectivity index (χ2n) is 7.83. The van der Waals surface area contributed by atoms with E-state index < -0.39 is 29.0 Å². The Labute approximate surface area is 185 Å². The molecule has 3 rings (SSSR count). The Morgan fingerprint density at radius 1 is 1.06 bits per heavy atom. The molecule has 1 fully saturated rings. The average Bonchev–Trinajstić information content (AvgIpc) is 2.73. The summed E-state index contributed by atoms with van der Waals surface area (Å²) in [6.07, 6.45) is 0. The summed E-state index contributed by atoms with van der Waals surface area (Å²) in [6, 6.07) is 6.09. The van der Waals surface area contributed by atoms with Gasteiger partial charge in [-0.3, -0.25) is 14.5 Å². The smallest absolute Gasteiger partial charge is 0.256 e. The Bertz CT molecular complexity index is 1000. The number of rotatable bonds is 8. The number of halogens is 3. The molecule has 2 aromatic carbocycles. The van der Waals surface area contributed by atoms with Crippen LogP contribution in [0.15, 0.2) is 30.3 Å². The van der Waals surface area contributed by atoms with Gasteiger partial charge in [-0.25, -0.2) is 13.2 Å². The number of likely N-dealkylation sites (N-methyl/N-ethyl adjacent to an activating group) is 1. The van der Waals surface area contributed by atoms with Gasteiger partial charge in [0.05, 0.1) is 29.5 Å². The van der Waals surface area contributed by atoms with Gasteiger partial charge in [-0.1, -0.05) is 19.9 Å². The maximum atomic E-state index is 14.5. The van der Waals surface area contributed by atoms with Crippen molar-refractivity contribution in [3.05, 3.63) is 58.9 Å². The fraction of sp³-hybridized carbons (Fsp3) is 0.391. The summed E-state index contributed by atoms with van der Waals surface area (Å²) in [7, 11) is 0. The van der Waals surface area contributed by atoms with Crippen molar-refractivity contribution in [3.8, 4) is 0 Å². The SMILES string of the molecule is CCN(CC)CC(=O)NC1CN(C(=O)c2ccc(F)c(F)c2Nc2ccc(C)cc2F)C1. The number of amides is 2. The van der Waals surface area contributed by atoms with Crippen LogP contribution in [0.25, 0.3) is 0 Å². The first-order valence-electron chi connectivity index (χ1n) is 10.6. The number of hydrogen-bond donors (Lipinski definition) is 2. The van der Waals surface area contributed by atoms with Crippen LogP contribution < -0.4 is 10.6 Å². The molecule has 1 aliphatic heterocycles. The third-order valence-corrected chi connectivity index (χ3v) is 5.51. The van der Waals surface area contributed by atoms with E-state index in [1.165, 1.54) is 23.1 Å². The number of nitrogens with one attached hydrogen (secondary N) is 2. The van der Waals surface area contributed by atoms with E-state index in [0.29, 0.717) is 5.56 Å². The number of carbonyl (C=O) groups is 2. The second-order valence-corrected chi connectivity index (χ2v) is 7.83. The van der Waals surface area contributed by atoms with Gasteiger partial charge in [0.15, 0.2) is 11.6 Å². The van der Waals surface area contributed by atoms with E-state index in [-0.39, 0.29) is 42.8 Å². The first kappa shape index (κ1) is 23.6. The van der Waals surface area contributed by atoms with Crippen LogP contribution in [0.1, 0.15) is 29.8 Å². The monoisotopic (exact) mass is 448 g/mol. The number of aryl methyl sites for hydroxylation is 1. The normalized spacial score (nSPS) is 13.8. The van der Waals surface area contributed by atoms with Crippen molar-refractivity contribution in [2.45, 2.75) is 26.8 Å². The summed E-state index contributed by atoms with van der Waals surface area (Å²) < 4.78 is 42.7. The number of hydrogen-bond acceptors (Lipinski definition) is 4. The predicted molar refractivity (Wildman–Crippen MR) is 116 cm³/mol. The summed E-state index contributed by atoms with van der Waals surface area (Å²) in [6.45, 7) is 7.93. The molecule has 0 spiro atoms. The van der Waals surface area contributed by atoms with Crippen molar-refractivity contribution in [2.24, 2.45) is 0 Å². The van der Waals surface area contributed by atoms with Crippen molar-refractivity contribution < 1.29 is 22.8 Å². The van der Waals surface area contributed by atoms with Gasteiger partial charge in [-0.2, -0.15) is 0 Å². The highest BCUT2D eigenvalue weighted by Gasteiger charge is 2.34. The minimum atomic E-state index is -1.26. The number of likely N-dealkylation sites (tertiary alicyclic amines) is 1. The highest BCUT2D eigenvalue weighted by Crippen LogP contribution is 2.30. The largest absolute Gasteiger partial charge is 0.350 e. The van der Waals surface area contributed by atoms with E-state index >= 15 is 0 Å². The fourth-order valence-electron chi connectivity index (χ4n) is 3.54. The molecule has 0 aromatic heterocycles. The van der Waals surface area contributed by atoms with Gasteiger partial charge >= 0.3 is 0 Å². The zero-order valence-electron chi connectivity index (χ0n) is 18.3. The molecule has 0 aliphatic carbocycles. The van der Waals surface area contributed by atoms with Crippen LogP contribution >= 0.6 is 0 Å². The number of nitrogens with zero attached hydrogens (tertiary/aromatic N) is 2. The molecule has 0 atom stereocenters. The van der Waals surface area contributed by atoms with Crippen molar-refractivity contribution in [1.29, 1.82) is 0 Å². The summed E-state index contributed by atoms with van der Waals surface area (Å²) in [4.78, 5) is 28.4. The molecule has 2 amide bonds. The number of anilines is 2. The molecule has 9 heteroatoms. The quantitative estimate of drug-likeness (QED) is 0.650. The zero-order chi connectivity index (χ0) is 23.4. The van der Waals surface area contributed by atoms with E-state index in [9.17, 15) is 22.8 Å². The molecule has 0 unspecified atom stereocenters. The molecule has 2 aromatic rings. The second kappa shape index (κ2) is 10.0. The Morgan fingerprint density at radius 3 is 2.38 bits per heavy atom. The topological polar surface area (TPSA) is 64.7 Å². The molecule has 1 aliphatic rings. The van der Waals surface area contributed by atoms with Crippen molar-refractivity contribution >= 4 is 23.2 Å². The van der Waals surface area contributed by atoms with Crippen LogP contribution in [0.2, 0.25) is 0 Å². The molecule has 0 radical (unpaired) electrons. The predicted octanol–water partition coefficient (Wildman–Crippen LogP) is 3.44. The summed E-state index contributed by atoms with van der Waals surface area (Å²) in [5, 5.41) is 5.39. The highest BCUT2D eigenvalue weighted by atomic mass is 19.2. The Morgan fingerprint density at radius 2 is 1.75 bits per heavy atom. The fourth-order valence-corrected chi connectivity index (χ4v) is 3.54. The standard InChI is InChI=1S/C23H27F3N4O2/c1-4-29(5-2)13-20(31)27-15-11-30(12-15)23(32)16-7-8-17(24)21(26)22(16)28-19-9-6-14(3)10-18(19)25/h6-10,15,28H,4-5,11-13H2,1-3H3,(H,27,31). The molecule has 1 heterocycles. The van der Waals surface area contributed by atoms with E-state index in [1.54, 1.807) is 13.0 Å². The summed E-state index contributed by atoms with van der Waals surface area (Å²) in [5.41, 5.74) is 0.0570. The van der Waals surface area contributed by atoms with Gasteiger partial charge in [0.2, 0.25) is 5.91 Å². The molecule has 172 valence electrons. The number of carbonyl (C=O) groups excluding carboxylic acids is 2. The van der Waals surface area contributed by atoms with Gasteiger partial charge in [0.25, 0.3) is 5.91 Å². The zero-order valence-corrected chi connectivity index (χ0v) is 18.3. The van der Waals surface area contributed by atoms with E-state index in [1.807, 2.05) is 18.7 Å². The lowest BCUT2D eigenvalue weighted by molar-refractivity contribution is -0.123. The minimum absolute atomic E-state index is 0.0701. The maximum absolute atomic E-state index is 14.5. The van der Waals surface area contributed by atoms with Crippen LogP contribution in [-0.4, -0.2) is 60.4 Å². The molecule has 0 bridgehead atoms. The lowest BCUT2D eigenvalue weighted by Crippen LogP contribution is -2.61. The minimum Gasteiger partial charge on any atom is -0.350 e. The Balaban J connectivity index is 1.70. The molecule has 32 heavy (non-hydrogen) atoms.